The molecule has 0 heterocycles. The molecule has 11 nitrogen and oxygen atoms in total. The number of benzene rings is 2. The average Bonchev–Trinajstić information content (AvgIpc) is 3.01. The fraction of sp³-hybridized carbons (Fsp3) is 0.533. The van der Waals surface area contributed by atoms with Gasteiger partial charge in [0.1, 0.15) is 25.2 Å². The number of carbonyl (C=O) groups excluding carboxylic acids is 2. The van der Waals surface area contributed by atoms with Crippen molar-refractivity contribution >= 4 is 12.3 Å². The summed E-state index contributed by atoms with van der Waals surface area (Å²) in [5, 5.41) is 0. The summed E-state index contributed by atoms with van der Waals surface area (Å²) in [4.78, 5) is 22.4. The smallest absolute Gasteiger partial charge is 0.338 e. The number of hydrogen-bond donors (Lipinski definition) is 0. The van der Waals surface area contributed by atoms with E-state index in [2.05, 4.69) is 0 Å². The van der Waals surface area contributed by atoms with E-state index >= 15 is 0 Å². The molecule has 0 N–H and O–H groups in total. The molecule has 0 aliphatic carbocycles. The van der Waals surface area contributed by atoms with Gasteiger partial charge < -0.3 is 42.6 Å². The lowest BCUT2D eigenvalue weighted by molar-refractivity contribution is -0.0228. The van der Waals surface area contributed by atoms with Gasteiger partial charge in [-0.1, -0.05) is 18.2 Å². The van der Waals surface area contributed by atoms with Crippen molar-refractivity contribution in [1.29, 1.82) is 0 Å². The molecule has 0 atom stereocenters. The molecule has 2 aromatic rings. The molecule has 2 rings (SSSR count). The first-order valence-corrected chi connectivity index (χ1v) is 13.7. The molecule has 228 valence electrons. The van der Waals surface area contributed by atoms with E-state index in [9.17, 15) is 9.59 Å². The normalized spacial score (nSPS) is 10.9. The molecule has 0 spiro atoms. The minimum Gasteiger partial charge on any atom is -0.491 e. The Morgan fingerprint density at radius 2 is 0.878 bits per heavy atom. The molecule has 0 aromatic heterocycles. The zero-order valence-electron chi connectivity index (χ0n) is 23.6. The highest BCUT2D eigenvalue weighted by atomic mass is 16.6. The lowest BCUT2D eigenvalue weighted by Crippen LogP contribution is -2.15. The van der Waals surface area contributed by atoms with Gasteiger partial charge in [-0.15, -0.1) is 0 Å². The summed E-state index contributed by atoms with van der Waals surface area (Å²) in [5.41, 5.74) is 1.14. The zero-order chi connectivity index (χ0) is 29.1. The van der Waals surface area contributed by atoms with Crippen LogP contribution < -0.4 is 4.74 Å². The molecule has 0 saturated heterocycles. The minimum absolute atomic E-state index is 0.200. The van der Waals surface area contributed by atoms with Crippen LogP contribution in [-0.4, -0.2) is 118 Å². The van der Waals surface area contributed by atoms with Crippen molar-refractivity contribution in [1.82, 2.24) is 0 Å². The molecular formula is C30H42O11. The maximum Gasteiger partial charge on any atom is 0.338 e. The van der Waals surface area contributed by atoms with Gasteiger partial charge in [-0.2, -0.15) is 0 Å². The number of rotatable bonds is 27. The highest BCUT2D eigenvalue weighted by Crippen LogP contribution is 2.10. The zero-order valence-corrected chi connectivity index (χ0v) is 23.6. The molecule has 0 aliphatic rings. The van der Waals surface area contributed by atoms with Gasteiger partial charge >= 0.3 is 5.97 Å². The van der Waals surface area contributed by atoms with Crippen LogP contribution >= 0.6 is 0 Å². The van der Waals surface area contributed by atoms with Gasteiger partial charge in [-0.25, -0.2) is 4.79 Å². The summed E-state index contributed by atoms with van der Waals surface area (Å²) in [6.45, 7) is 7.05. The monoisotopic (exact) mass is 578 g/mol. The molecule has 0 amide bonds. The topological polar surface area (TPSA) is 117 Å². The maximum atomic E-state index is 11.8. The van der Waals surface area contributed by atoms with Gasteiger partial charge in [0.05, 0.1) is 98.1 Å². The highest BCUT2D eigenvalue weighted by Gasteiger charge is 2.05. The Balaban J connectivity index is 1.20. The number of aldehydes is 1. The molecule has 0 saturated carbocycles. The van der Waals surface area contributed by atoms with Crippen LogP contribution in [0.5, 0.6) is 5.75 Å². The predicted octanol–water partition coefficient (Wildman–Crippen LogP) is 2.85. The third-order valence-corrected chi connectivity index (χ3v) is 5.21. The van der Waals surface area contributed by atoms with Crippen molar-refractivity contribution in [3.05, 3.63) is 65.7 Å². The van der Waals surface area contributed by atoms with E-state index in [0.29, 0.717) is 116 Å². The largest absolute Gasteiger partial charge is 0.491 e. The van der Waals surface area contributed by atoms with E-state index in [-0.39, 0.29) is 12.6 Å². The first-order valence-electron chi connectivity index (χ1n) is 13.7. The number of hydrogen-bond acceptors (Lipinski definition) is 11. The van der Waals surface area contributed by atoms with E-state index in [0.717, 1.165) is 6.29 Å². The average molecular weight is 579 g/mol. The molecular weight excluding hydrogens is 536 g/mol. The van der Waals surface area contributed by atoms with E-state index in [4.69, 9.17) is 42.6 Å². The van der Waals surface area contributed by atoms with Gasteiger partial charge in [0.15, 0.2) is 0 Å². The Labute approximate surface area is 241 Å². The minimum atomic E-state index is -0.358. The van der Waals surface area contributed by atoms with Crippen molar-refractivity contribution in [2.24, 2.45) is 0 Å². The first-order chi connectivity index (χ1) is 20.3. The lowest BCUT2D eigenvalue weighted by Gasteiger charge is -2.09. The summed E-state index contributed by atoms with van der Waals surface area (Å²) < 4.78 is 48.7. The Morgan fingerprint density at radius 3 is 1.29 bits per heavy atom. The van der Waals surface area contributed by atoms with Gasteiger partial charge in [0.2, 0.25) is 0 Å². The maximum absolute atomic E-state index is 11.8. The van der Waals surface area contributed by atoms with Crippen LogP contribution in [0.4, 0.5) is 0 Å². The predicted molar refractivity (Wildman–Crippen MR) is 150 cm³/mol. The summed E-state index contributed by atoms with van der Waals surface area (Å²) in [6, 6.07) is 15.8. The lowest BCUT2D eigenvalue weighted by atomic mass is 10.2. The third-order valence-electron chi connectivity index (χ3n) is 5.21. The molecule has 2 aromatic carbocycles. The SMILES string of the molecule is O=Cc1ccc(OCCOCCOCCOCCOCCOCCOCCOCCOC(=O)c2ccccc2)cc1. The molecule has 41 heavy (non-hydrogen) atoms. The number of esters is 1. The Kier molecular flexibility index (Phi) is 20.8. The van der Waals surface area contributed by atoms with Crippen LogP contribution in [0.25, 0.3) is 0 Å². The van der Waals surface area contributed by atoms with Crippen LogP contribution in [0.3, 0.4) is 0 Å². The molecule has 0 fully saturated rings. The van der Waals surface area contributed by atoms with Crippen LogP contribution in [0.2, 0.25) is 0 Å². The van der Waals surface area contributed by atoms with Crippen molar-refractivity contribution in [3.8, 4) is 5.75 Å². The second-order valence-corrected chi connectivity index (χ2v) is 8.32. The second-order valence-electron chi connectivity index (χ2n) is 8.32. The summed E-state index contributed by atoms with van der Waals surface area (Å²) in [7, 11) is 0. The summed E-state index contributed by atoms with van der Waals surface area (Å²) >= 11 is 0. The van der Waals surface area contributed by atoms with Crippen LogP contribution in [0, 0.1) is 0 Å². The Hall–Kier alpha value is -2.90. The van der Waals surface area contributed by atoms with E-state index in [1.807, 2.05) is 6.07 Å². The second kappa shape index (κ2) is 24.9. The summed E-state index contributed by atoms with van der Waals surface area (Å²) in [5.74, 6) is 0.342. The number of carbonyl (C=O) groups is 2. The van der Waals surface area contributed by atoms with Crippen LogP contribution in [0.15, 0.2) is 54.6 Å². The first kappa shape index (κ1) is 34.3. The van der Waals surface area contributed by atoms with Gasteiger partial charge in [-0.3, -0.25) is 4.79 Å². The van der Waals surface area contributed by atoms with Crippen molar-refractivity contribution < 1.29 is 52.2 Å². The fourth-order valence-corrected chi connectivity index (χ4v) is 3.13. The molecule has 0 radical (unpaired) electrons. The van der Waals surface area contributed by atoms with Crippen molar-refractivity contribution in [2.45, 2.75) is 0 Å². The van der Waals surface area contributed by atoms with Gasteiger partial charge in [0.25, 0.3) is 0 Å². The van der Waals surface area contributed by atoms with E-state index in [1.165, 1.54) is 0 Å². The van der Waals surface area contributed by atoms with E-state index in [1.54, 1.807) is 48.5 Å². The van der Waals surface area contributed by atoms with Gasteiger partial charge in [0, 0.05) is 5.56 Å². The molecule has 0 aliphatic heterocycles. The van der Waals surface area contributed by atoms with Crippen molar-refractivity contribution in [2.75, 3.05) is 106 Å². The number of ether oxygens (including phenoxy) is 9. The van der Waals surface area contributed by atoms with Gasteiger partial charge in [-0.05, 0) is 36.4 Å². The molecule has 0 bridgehead atoms. The fourth-order valence-electron chi connectivity index (χ4n) is 3.13. The third kappa shape index (κ3) is 19.0. The Morgan fingerprint density at radius 1 is 0.488 bits per heavy atom. The van der Waals surface area contributed by atoms with Crippen LogP contribution in [0.1, 0.15) is 20.7 Å². The summed E-state index contributed by atoms with van der Waals surface area (Å²) in [6.07, 6.45) is 0.795. The molecule has 11 heteroatoms. The van der Waals surface area contributed by atoms with Crippen LogP contribution in [-0.2, 0) is 37.9 Å². The van der Waals surface area contributed by atoms with Crippen molar-refractivity contribution in [3.63, 3.8) is 0 Å². The molecule has 0 unspecified atom stereocenters. The standard InChI is InChI=1S/C30H42O11/c31-26-27-6-8-29(9-7-27)40-24-22-38-20-18-36-16-14-34-12-10-33-11-13-35-15-17-37-19-21-39-23-25-41-30(32)28-4-2-1-3-5-28/h1-9,26H,10-25H2. The quantitative estimate of drug-likeness (QED) is 0.0885. The van der Waals surface area contributed by atoms with E-state index < -0.39 is 0 Å². The highest BCUT2D eigenvalue weighted by molar-refractivity contribution is 5.89. The Bertz CT molecular complexity index is 893.